The van der Waals surface area contributed by atoms with Gasteiger partial charge in [0.1, 0.15) is 0 Å². The van der Waals surface area contributed by atoms with Crippen LogP contribution in [0.2, 0.25) is 0 Å². The van der Waals surface area contributed by atoms with E-state index in [4.69, 9.17) is 9.47 Å². The molecular formula is C23H22O5. The molecule has 2 aliphatic carbocycles. The zero-order valence-corrected chi connectivity index (χ0v) is 15.4. The number of phenols is 2. The van der Waals surface area contributed by atoms with Crippen molar-refractivity contribution in [2.45, 2.75) is 12.8 Å². The lowest BCUT2D eigenvalue weighted by Gasteiger charge is -2.09. The second kappa shape index (κ2) is 9.46. The van der Waals surface area contributed by atoms with Crippen LogP contribution in [0.1, 0.15) is 12.8 Å². The standard InChI is InChI=1S/C16H18O4.C7H4O/c17-13-7-1-3-9-15(13)19-11-5-6-12-20-16-10-4-2-8-14(16)18;8-7-5-1-2-6(7)4-3-5/h1-4,7-10,17-18H,5-6,11-12H2;1-4H. The van der Waals surface area contributed by atoms with Gasteiger partial charge in [0.15, 0.2) is 28.8 Å². The topological polar surface area (TPSA) is 76.0 Å². The summed E-state index contributed by atoms with van der Waals surface area (Å²) in [7, 11) is 0. The lowest BCUT2D eigenvalue weighted by atomic mass is 10.2. The summed E-state index contributed by atoms with van der Waals surface area (Å²) in [6.45, 7) is 1.03. The van der Waals surface area contributed by atoms with Gasteiger partial charge in [-0.15, -0.1) is 0 Å². The number of rotatable bonds is 7. The fourth-order valence-electron chi connectivity index (χ4n) is 2.67. The summed E-state index contributed by atoms with van der Waals surface area (Å²) in [6, 6.07) is 13.8. The van der Waals surface area contributed by atoms with E-state index in [1.54, 1.807) is 36.4 Å². The molecule has 0 fully saturated rings. The molecular weight excluding hydrogens is 356 g/mol. The van der Waals surface area contributed by atoms with Crippen LogP contribution in [0.4, 0.5) is 0 Å². The highest BCUT2D eigenvalue weighted by Crippen LogP contribution is 2.26. The molecule has 5 nitrogen and oxygen atoms in total. The maximum atomic E-state index is 10.8. The third kappa shape index (κ3) is 5.04. The number of phenolic OH excluding ortho intramolecular Hbond substituents is 2. The normalized spacial score (nSPS) is 13.5. The molecule has 2 aromatic rings. The number of allylic oxidation sites excluding steroid dienone is 6. The van der Waals surface area contributed by atoms with E-state index in [9.17, 15) is 15.0 Å². The molecule has 0 saturated carbocycles. The van der Waals surface area contributed by atoms with Gasteiger partial charge in [-0.05, 0) is 37.1 Å². The molecule has 4 rings (SSSR count). The second-order valence-corrected chi connectivity index (χ2v) is 6.25. The van der Waals surface area contributed by atoms with Gasteiger partial charge in [0.25, 0.3) is 0 Å². The number of unbranched alkanes of at least 4 members (excludes halogenated alkanes) is 1. The molecule has 0 saturated heterocycles. The maximum Gasteiger partial charge on any atom is 0.193 e. The van der Waals surface area contributed by atoms with Crippen molar-refractivity contribution in [3.05, 3.63) is 84.0 Å². The van der Waals surface area contributed by atoms with E-state index in [0.29, 0.717) is 24.7 Å². The largest absolute Gasteiger partial charge is 0.504 e. The van der Waals surface area contributed by atoms with Crippen molar-refractivity contribution in [1.82, 2.24) is 0 Å². The number of aromatic hydroxyl groups is 2. The van der Waals surface area contributed by atoms with Gasteiger partial charge in [-0.3, -0.25) is 4.79 Å². The van der Waals surface area contributed by atoms with Crippen LogP contribution < -0.4 is 9.47 Å². The Bertz CT molecular complexity index is 851. The molecule has 0 atom stereocenters. The summed E-state index contributed by atoms with van der Waals surface area (Å²) in [5.41, 5.74) is 1.67. The van der Waals surface area contributed by atoms with Gasteiger partial charge in [-0.1, -0.05) is 48.6 Å². The lowest BCUT2D eigenvalue weighted by molar-refractivity contribution is -0.111. The minimum absolute atomic E-state index is 0.151. The van der Waals surface area contributed by atoms with Crippen molar-refractivity contribution in [3.63, 3.8) is 0 Å². The molecule has 2 aromatic carbocycles. The molecule has 0 radical (unpaired) electrons. The Morgan fingerprint density at radius 1 is 0.679 bits per heavy atom. The average Bonchev–Trinajstić information content (AvgIpc) is 3.25. The van der Waals surface area contributed by atoms with E-state index >= 15 is 0 Å². The maximum absolute atomic E-state index is 10.8. The molecule has 5 heteroatoms. The van der Waals surface area contributed by atoms with Gasteiger partial charge in [0, 0.05) is 11.1 Å². The van der Waals surface area contributed by atoms with Gasteiger partial charge in [-0.2, -0.15) is 0 Å². The number of hydrogen-bond donors (Lipinski definition) is 2. The Morgan fingerprint density at radius 2 is 1.11 bits per heavy atom. The minimum Gasteiger partial charge on any atom is -0.504 e. The SMILES string of the molecule is O=C1C2=CC=C1C=C2.Oc1ccccc1OCCCCOc1ccccc1O. The summed E-state index contributed by atoms with van der Waals surface area (Å²) in [4.78, 5) is 10.8. The van der Waals surface area contributed by atoms with E-state index < -0.39 is 0 Å². The smallest absolute Gasteiger partial charge is 0.193 e. The monoisotopic (exact) mass is 378 g/mol. The number of carbonyl (C=O) groups is 1. The van der Waals surface area contributed by atoms with Crippen molar-refractivity contribution in [1.29, 1.82) is 0 Å². The van der Waals surface area contributed by atoms with Gasteiger partial charge >= 0.3 is 0 Å². The van der Waals surface area contributed by atoms with E-state index in [0.717, 1.165) is 24.0 Å². The zero-order chi connectivity index (χ0) is 19.8. The Kier molecular flexibility index (Phi) is 6.52. The number of para-hydroxylation sites is 4. The van der Waals surface area contributed by atoms with E-state index in [-0.39, 0.29) is 17.3 Å². The first-order chi connectivity index (χ1) is 13.6. The van der Waals surface area contributed by atoms with Crippen LogP contribution in [0.5, 0.6) is 23.0 Å². The quantitative estimate of drug-likeness (QED) is 0.702. The zero-order valence-electron chi connectivity index (χ0n) is 15.4. The molecule has 2 bridgehead atoms. The number of benzene rings is 2. The van der Waals surface area contributed by atoms with Crippen LogP contribution in [-0.2, 0) is 4.79 Å². The first-order valence-electron chi connectivity index (χ1n) is 9.11. The van der Waals surface area contributed by atoms with Crippen molar-refractivity contribution in [3.8, 4) is 23.0 Å². The second-order valence-electron chi connectivity index (χ2n) is 6.25. The van der Waals surface area contributed by atoms with Gasteiger partial charge in [0.05, 0.1) is 13.2 Å². The fourth-order valence-corrected chi connectivity index (χ4v) is 2.67. The van der Waals surface area contributed by atoms with Gasteiger partial charge in [0.2, 0.25) is 0 Å². The van der Waals surface area contributed by atoms with Crippen LogP contribution in [0.15, 0.2) is 84.0 Å². The average molecular weight is 378 g/mol. The van der Waals surface area contributed by atoms with E-state index in [1.807, 2.05) is 36.4 Å². The van der Waals surface area contributed by atoms with Crippen molar-refractivity contribution in [2.75, 3.05) is 13.2 Å². The predicted molar refractivity (Wildman–Crippen MR) is 107 cm³/mol. The molecule has 28 heavy (non-hydrogen) atoms. The molecule has 0 spiro atoms. The van der Waals surface area contributed by atoms with E-state index in [1.165, 1.54) is 0 Å². The number of Topliss-reactive ketones (excluding diaryl/α,β-unsaturated/α-hetero) is 1. The number of hydrogen-bond acceptors (Lipinski definition) is 5. The molecule has 0 aliphatic heterocycles. The highest BCUT2D eigenvalue weighted by Gasteiger charge is 2.20. The molecule has 2 aliphatic rings. The minimum atomic E-state index is 0.151. The molecule has 0 heterocycles. The molecule has 0 amide bonds. The first kappa shape index (κ1) is 19.3. The highest BCUT2D eigenvalue weighted by atomic mass is 16.5. The fraction of sp³-hybridized carbons (Fsp3) is 0.174. The Labute approximate surface area is 163 Å². The van der Waals surface area contributed by atoms with Crippen molar-refractivity contribution in [2.24, 2.45) is 0 Å². The first-order valence-corrected chi connectivity index (χ1v) is 9.11. The summed E-state index contributed by atoms with van der Waals surface area (Å²) in [5.74, 6) is 1.48. The van der Waals surface area contributed by atoms with Gasteiger partial charge in [-0.25, -0.2) is 0 Å². The molecule has 144 valence electrons. The van der Waals surface area contributed by atoms with Crippen LogP contribution in [0, 0.1) is 0 Å². The molecule has 2 N–H and O–H groups in total. The number of ketones is 1. The van der Waals surface area contributed by atoms with Crippen molar-refractivity contribution < 1.29 is 24.5 Å². The third-order valence-electron chi connectivity index (χ3n) is 4.19. The Morgan fingerprint density at radius 3 is 1.43 bits per heavy atom. The summed E-state index contributed by atoms with van der Waals surface area (Å²) in [5, 5.41) is 19.0. The van der Waals surface area contributed by atoms with Crippen LogP contribution in [0.25, 0.3) is 0 Å². The summed E-state index contributed by atoms with van der Waals surface area (Å²) >= 11 is 0. The highest BCUT2D eigenvalue weighted by molar-refractivity contribution is 6.17. The summed E-state index contributed by atoms with van der Waals surface area (Å²) < 4.78 is 10.9. The van der Waals surface area contributed by atoms with Crippen LogP contribution >= 0.6 is 0 Å². The Balaban J connectivity index is 0.000000231. The number of fused-ring (bicyclic) bond motifs is 2. The third-order valence-corrected chi connectivity index (χ3v) is 4.19. The lowest BCUT2D eigenvalue weighted by Crippen LogP contribution is -2.02. The molecule has 0 unspecified atom stereocenters. The molecule has 0 aromatic heterocycles. The number of ether oxygens (including phenoxy) is 2. The van der Waals surface area contributed by atoms with Gasteiger partial charge < -0.3 is 19.7 Å². The summed E-state index contributed by atoms with van der Waals surface area (Å²) in [6.07, 6.45) is 8.99. The van der Waals surface area contributed by atoms with Crippen LogP contribution in [0.3, 0.4) is 0 Å². The van der Waals surface area contributed by atoms with Crippen LogP contribution in [-0.4, -0.2) is 29.2 Å². The number of carbonyl (C=O) groups excluding carboxylic acids is 1. The van der Waals surface area contributed by atoms with Crippen molar-refractivity contribution >= 4 is 5.78 Å². The Hall–Kier alpha value is -3.47. The predicted octanol–water partition coefficient (Wildman–Crippen LogP) is 4.33. The van der Waals surface area contributed by atoms with E-state index in [2.05, 4.69) is 0 Å².